The Morgan fingerprint density at radius 1 is 1.36 bits per heavy atom. The summed E-state index contributed by atoms with van der Waals surface area (Å²) in [6, 6.07) is 7.19. The predicted octanol–water partition coefficient (Wildman–Crippen LogP) is 0.358. The molecule has 0 aliphatic heterocycles. The molecule has 0 saturated carbocycles. The fourth-order valence-electron chi connectivity index (χ4n) is 1.24. The summed E-state index contributed by atoms with van der Waals surface area (Å²) < 4.78 is 1.45. The fourth-order valence-corrected chi connectivity index (χ4v) is 1.24. The van der Waals surface area contributed by atoms with Crippen LogP contribution >= 0.6 is 0 Å². The monoisotopic (exact) mass is 190 g/mol. The zero-order chi connectivity index (χ0) is 10.1. The summed E-state index contributed by atoms with van der Waals surface area (Å²) in [6.07, 6.45) is 0. The van der Waals surface area contributed by atoms with E-state index in [1.54, 1.807) is 19.2 Å². The number of nitrogens with one attached hydrogen (secondary N) is 1. The highest BCUT2D eigenvalue weighted by Gasteiger charge is 2.05. The van der Waals surface area contributed by atoms with Gasteiger partial charge in [0.2, 0.25) is 0 Å². The first-order valence-electron chi connectivity index (χ1n) is 4.16. The zero-order valence-corrected chi connectivity index (χ0v) is 7.69. The van der Waals surface area contributed by atoms with E-state index in [0.717, 1.165) is 5.56 Å². The first-order chi connectivity index (χ1) is 6.68. The average Bonchev–Trinajstić information content (AvgIpc) is 2.50. The Balaban J connectivity index is 2.55. The first kappa shape index (κ1) is 8.55. The molecule has 2 rings (SSSR count). The second-order valence-electron chi connectivity index (χ2n) is 3.03. The Hall–Kier alpha value is -2.04. The molecule has 72 valence electrons. The van der Waals surface area contributed by atoms with Crippen LogP contribution in [0.3, 0.4) is 0 Å². The van der Waals surface area contributed by atoms with Gasteiger partial charge in [-0.05, 0) is 24.3 Å². The lowest BCUT2D eigenvalue weighted by atomic mass is 10.2. The Morgan fingerprint density at radius 2 is 2.00 bits per heavy atom. The van der Waals surface area contributed by atoms with Crippen molar-refractivity contribution in [2.45, 2.75) is 0 Å². The van der Waals surface area contributed by atoms with Gasteiger partial charge in [0, 0.05) is 18.3 Å². The van der Waals surface area contributed by atoms with E-state index in [4.69, 9.17) is 5.73 Å². The molecule has 0 aliphatic rings. The number of aromatic amines is 1. The van der Waals surface area contributed by atoms with Crippen LogP contribution in [-0.4, -0.2) is 14.8 Å². The van der Waals surface area contributed by atoms with Crippen molar-refractivity contribution in [2.75, 3.05) is 5.73 Å². The number of rotatable bonds is 1. The second kappa shape index (κ2) is 3.02. The molecule has 0 atom stereocenters. The van der Waals surface area contributed by atoms with E-state index < -0.39 is 0 Å². The van der Waals surface area contributed by atoms with E-state index in [-0.39, 0.29) is 5.69 Å². The lowest BCUT2D eigenvalue weighted by Gasteiger charge is -1.99. The number of hydrogen-bond acceptors (Lipinski definition) is 3. The van der Waals surface area contributed by atoms with Crippen molar-refractivity contribution in [3.05, 3.63) is 34.7 Å². The molecule has 0 amide bonds. The summed E-state index contributed by atoms with van der Waals surface area (Å²) in [5.41, 5.74) is 6.88. The highest BCUT2D eigenvalue weighted by molar-refractivity contribution is 5.58. The molecule has 0 unspecified atom stereocenters. The molecule has 0 saturated heterocycles. The fraction of sp³-hybridized carbons (Fsp3) is 0.111. The minimum Gasteiger partial charge on any atom is -0.399 e. The molecular formula is C9H10N4O. The van der Waals surface area contributed by atoms with Gasteiger partial charge in [-0.3, -0.25) is 4.57 Å². The lowest BCUT2D eigenvalue weighted by Crippen LogP contribution is -2.13. The molecule has 1 heterocycles. The van der Waals surface area contributed by atoms with Crippen molar-refractivity contribution in [3.8, 4) is 11.4 Å². The Morgan fingerprint density at radius 3 is 2.50 bits per heavy atom. The summed E-state index contributed by atoms with van der Waals surface area (Å²) in [5, 5.41) is 6.28. The summed E-state index contributed by atoms with van der Waals surface area (Å²) in [6.45, 7) is 0. The minimum absolute atomic E-state index is 0.225. The standard InChI is InChI=1S/C9H10N4O/c1-13-8(11-12-9(13)14)6-2-4-7(10)5-3-6/h2-5H,10H2,1H3,(H,12,14). The number of nitrogen functional groups attached to an aromatic ring is 1. The maximum Gasteiger partial charge on any atom is 0.343 e. The number of hydrogen-bond donors (Lipinski definition) is 2. The Bertz CT molecular complexity index is 494. The van der Waals surface area contributed by atoms with Crippen LogP contribution in [0.5, 0.6) is 0 Å². The molecule has 0 spiro atoms. The van der Waals surface area contributed by atoms with Gasteiger partial charge in [0.15, 0.2) is 5.82 Å². The maximum atomic E-state index is 11.1. The molecule has 0 fully saturated rings. The molecule has 14 heavy (non-hydrogen) atoms. The van der Waals surface area contributed by atoms with Gasteiger partial charge in [-0.25, -0.2) is 9.89 Å². The highest BCUT2D eigenvalue weighted by Crippen LogP contribution is 2.15. The molecule has 0 aliphatic carbocycles. The van der Waals surface area contributed by atoms with Crippen LogP contribution in [0, 0.1) is 0 Å². The van der Waals surface area contributed by atoms with Crippen molar-refractivity contribution >= 4 is 5.69 Å². The topological polar surface area (TPSA) is 76.7 Å². The first-order valence-corrected chi connectivity index (χ1v) is 4.16. The van der Waals surface area contributed by atoms with E-state index in [1.165, 1.54) is 4.57 Å². The van der Waals surface area contributed by atoms with Gasteiger partial charge in [-0.1, -0.05) is 0 Å². The quantitative estimate of drug-likeness (QED) is 0.637. The number of H-pyrrole nitrogens is 1. The predicted molar refractivity (Wildman–Crippen MR) is 53.7 cm³/mol. The summed E-state index contributed by atoms with van der Waals surface area (Å²) in [5.74, 6) is 0.606. The second-order valence-corrected chi connectivity index (χ2v) is 3.03. The van der Waals surface area contributed by atoms with Crippen molar-refractivity contribution in [1.82, 2.24) is 14.8 Å². The maximum absolute atomic E-state index is 11.1. The molecular weight excluding hydrogens is 180 g/mol. The van der Waals surface area contributed by atoms with Crippen molar-refractivity contribution < 1.29 is 0 Å². The van der Waals surface area contributed by atoms with Gasteiger partial charge in [0.05, 0.1) is 0 Å². The van der Waals surface area contributed by atoms with E-state index in [9.17, 15) is 4.79 Å². The van der Waals surface area contributed by atoms with Crippen LogP contribution < -0.4 is 11.4 Å². The smallest absolute Gasteiger partial charge is 0.343 e. The molecule has 5 heteroatoms. The van der Waals surface area contributed by atoms with Gasteiger partial charge in [-0.15, -0.1) is 0 Å². The number of nitrogens with zero attached hydrogens (tertiary/aromatic N) is 2. The number of nitrogens with two attached hydrogens (primary N) is 1. The Labute approximate surface area is 80.2 Å². The van der Waals surface area contributed by atoms with Gasteiger partial charge in [-0.2, -0.15) is 5.10 Å². The average molecular weight is 190 g/mol. The molecule has 1 aromatic heterocycles. The molecule has 2 aromatic rings. The van der Waals surface area contributed by atoms with Gasteiger partial charge in [0.1, 0.15) is 0 Å². The van der Waals surface area contributed by atoms with Crippen LogP contribution in [0.2, 0.25) is 0 Å². The normalized spacial score (nSPS) is 10.4. The number of aromatic nitrogens is 3. The third-order valence-electron chi connectivity index (χ3n) is 2.05. The molecule has 0 radical (unpaired) electrons. The van der Waals surface area contributed by atoms with Crippen LogP contribution in [0.1, 0.15) is 0 Å². The van der Waals surface area contributed by atoms with Crippen molar-refractivity contribution in [2.24, 2.45) is 7.05 Å². The highest BCUT2D eigenvalue weighted by atomic mass is 16.1. The van der Waals surface area contributed by atoms with Gasteiger partial charge >= 0.3 is 5.69 Å². The summed E-state index contributed by atoms with van der Waals surface area (Å²) in [4.78, 5) is 11.1. The minimum atomic E-state index is -0.225. The number of anilines is 1. The van der Waals surface area contributed by atoms with Crippen LogP contribution in [0.15, 0.2) is 29.1 Å². The van der Waals surface area contributed by atoms with E-state index >= 15 is 0 Å². The van der Waals surface area contributed by atoms with Gasteiger partial charge in [0.25, 0.3) is 0 Å². The van der Waals surface area contributed by atoms with Crippen LogP contribution in [-0.2, 0) is 7.05 Å². The largest absolute Gasteiger partial charge is 0.399 e. The molecule has 5 nitrogen and oxygen atoms in total. The Kier molecular flexibility index (Phi) is 1.85. The number of benzene rings is 1. The third-order valence-corrected chi connectivity index (χ3v) is 2.05. The van der Waals surface area contributed by atoms with Crippen molar-refractivity contribution in [1.29, 1.82) is 0 Å². The molecule has 3 N–H and O–H groups in total. The van der Waals surface area contributed by atoms with Crippen LogP contribution in [0.25, 0.3) is 11.4 Å². The third kappa shape index (κ3) is 1.28. The zero-order valence-electron chi connectivity index (χ0n) is 7.69. The molecule has 0 bridgehead atoms. The van der Waals surface area contributed by atoms with Gasteiger partial charge < -0.3 is 5.73 Å². The lowest BCUT2D eigenvalue weighted by molar-refractivity contribution is 0.869. The van der Waals surface area contributed by atoms with E-state index in [1.807, 2.05) is 12.1 Å². The summed E-state index contributed by atoms with van der Waals surface area (Å²) in [7, 11) is 1.66. The molecule has 1 aromatic carbocycles. The SMILES string of the molecule is Cn1c(-c2ccc(N)cc2)n[nH]c1=O. The van der Waals surface area contributed by atoms with E-state index in [2.05, 4.69) is 10.2 Å². The van der Waals surface area contributed by atoms with Crippen LogP contribution in [0.4, 0.5) is 5.69 Å². The summed E-state index contributed by atoms with van der Waals surface area (Å²) >= 11 is 0. The van der Waals surface area contributed by atoms with E-state index in [0.29, 0.717) is 11.5 Å². The van der Waals surface area contributed by atoms with Crippen molar-refractivity contribution in [3.63, 3.8) is 0 Å².